The molecule has 0 aliphatic heterocycles. The molecule has 11 rings (SSSR count). The number of aromatic nitrogens is 3. The van der Waals surface area contributed by atoms with Gasteiger partial charge in [-0.1, -0.05) is 121 Å². The second-order valence-electron chi connectivity index (χ2n) is 14.5. The van der Waals surface area contributed by atoms with Crippen LogP contribution < -0.4 is 4.90 Å². The molecule has 268 valence electrons. The van der Waals surface area contributed by atoms with E-state index in [1.54, 1.807) is 0 Å². The molecule has 11 aromatic rings. The Balaban J connectivity index is 1.15. The highest BCUT2D eigenvalue weighted by Crippen LogP contribution is 2.43. The Morgan fingerprint density at radius 2 is 0.895 bits per heavy atom. The average Bonchev–Trinajstić information content (AvgIpc) is 3.81. The van der Waals surface area contributed by atoms with Gasteiger partial charge < -0.3 is 14.0 Å². The van der Waals surface area contributed by atoms with Gasteiger partial charge in [-0.05, 0) is 102 Å². The van der Waals surface area contributed by atoms with Crippen LogP contribution >= 0.6 is 0 Å². The van der Waals surface area contributed by atoms with Gasteiger partial charge in [0.1, 0.15) is 0 Å². The highest BCUT2D eigenvalue weighted by atomic mass is 15.1. The molecule has 0 fully saturated rings. The normalized spacial score (nSPS) is 11.5. The molecule has 3 heterocycles. The molecule has 0 saturated heterocycles. The number of anilines is 3. The van der Waals surface area contributed by atoms with E-state index in [0.717, 1.165) is 50.7 Å². The number of hydrogen-bond donors (Lipinski definition) is 0. The smallest absolute Gasteiger partial charge is 0.0644 e. The van der Waals surface area contributed by atoms with Crippen LogP contribution in [0, 0.1) is 0 Å². The maximum atomic E-state index is 4.56. The van der Waals surface area contributed by atoms with Gasteiger partial charge in [0.15, 0.2) is 0 Å². The van der Waals surface area contributed by atoms with Crippen molar-refractivity contribution in [1.82, 2.24) is 14.1 Å². The van der Waals surface area contributed by atoms with Crippen molar-refractivity contribution in [2.45, 2.75) is 0 Å². The van der Waals surface area contributed by atoms with Gasteiger partial charge in [-0.15, -0.1) is 0 Å². The molecule has 4 heteroatoms. The molecule has 0 bridgehead atoms. The predicted octanol–water partition coefficient (Wildman–Crippen LogP) is 14.1. The van der Waals surface area contributed by atoms with Crippen LogP contribution in [0.5, 0.6) is 0 Å². The molecule has 4 nitrogen and oxygen atoms in total. The summed E-state index contributed by atoms with van der Waals surface area (Å²) in [5, 5.41) is 4.97. The summed E-state index contributed by atoms with van der Waals surface area (Å²) in [4.78, 5) is 6.86. The standard InChI is InChI=1S/C53H36N4/c1-3-15-40(16-4-1)55(43-19-14-32-54-36-43)44-34-38(37-28-30-42(31-29-37)56-50-25-10-7-20-46(50)47-21-8-11-26-51(47)56)33-39(35-44)45-23-13-24-49-48-22-9-12-27-52(48)57(53(45)49)41-17-5-2-6-18-41/h1-36H. The fourth-order valence-corrected chi connectivity index (χ4v) is 8.67. The number of fused-ring (bicyclic) bond motifs is 6. The zero-order chi connectivity index (χ0) is 37.7. The van der Waals surface area contributed by atoms with E-state index in [1.807, 2.05) is 18.5 Å². The molecule has 8 aromatic carbocycles. The van der Waals surface area contributed by atoms with Gasteiger partial charge in [0.25, 0.3) is 0 Å². The predicted molar refractivity (Wildman–Crippen MR) is 238 cm³/mol. The van der Waals surface area contributed by atoms with Gasteiger partial charge in [0.2, 0.25) is 0 Å². The van der Waals surface area contributed by atoms with Gasteiger partial charge in [0, 0.05) is 56.1 Å². The summed E-state index contributed by atoms with van der Waals surface area (Å²) in [7, 11) is 0. The summed E-state index contributed by atoms with van der Waals surface area (Å²) in [6.07, 6.45) is 3.77. The van der Waals surface area contributed by atoms with Crippen molar-refractivity contribution in [3.05, 3.63) is 219 Å². The number of rotatable bonds is 7. The lowest BCUT2D eigenvalue weighted by atomic mass is 9.95. The van der Waals surface area contributed by atoms with E-state index in [-0.39, 0.29) is 0 Å². The zero-order valence-electron chi connectivity index (χ0n) is 31.1. The van der Waals surface area contributed by atoms with E-state index < -0.39 is 0 Å². The third-order valence-corrected chi connectivity index (χ3v) is 11.2. The Kier molecular flexibility index (Phi) is 7.78. The average molecular weight is 729 g/mol. The molecule has 0 aliphatic carbocycles. The Morgan fingerprint density at radius 1 is 0.351 bits per heavy atom. The highest BCUT2D eigenvalue weighted by Gasteiger charge is 2.20. The second-order valence-corrected chi connectivity index (χ2v) is 14.5. The minimum absolute atomic E-state index is 0.991. The van der Waals surface area contributed by atoms with E-state index in [9.17, 15) is 0 Å². The van der Waals surface area contributed by atoms with E-state index in [2.05, 4.69) is 219 Å². The van der Waals surface area contributed by atoms with Crippen LogP contribution in [0.2, 0.25) is 0 Å². The summed E-state index contributed by atoms with van der Waals surface area (Å²) in [5.41, 5.74) is 14.7. The molecule has 0 spiro atoms. The van der Waals surface area contributed by atoms with Crippen molar-refractivity contribution in [2.75, 3.05) is 4.90 Å². The Hall–Kier alpha value is -7.69. The molecule has 0 saturated carbocycles. The summed E-state index contributed by atoms with van der Waals surface area (Å²) in [6.45, 7) is 0. The number of benzene rings is 8. The lowest BCUT2D eigenvalue weighted by molar-refractivity contribution is 1.18. The third-order valence-electron chi connectivity index (χ3n) is 11.2. The van der Waals surface area contributed by atoms with Crippen LogP contribution in [0.3, 0.4) is 0 Å². The van der Waals surface area contributed by atoms with Crippen LogP contribution in [-0.2, 0) is 0 Å². The van der Waals surface area contributed by atoms with Crippen molar-refractivity contribution < 1.29 is 0 Å². The molecule has 0 N–H and O–H groups in total. The molecule has 0 amide bonds. The van der Waals surface area contributed by atoms with E-state index in [4.69, 9.17) is 0 Å². The SMILES string of the molecule is c1ccc(N(c2cccnc2)c2cc(-c3ccc(-n4c5ccccc5c5ccccc54)cc3)cc(-c3cccc4c5ccccc5n(-c5ccccc5)c34)c2)cc1. The number of pyridine rings is 1. The highest BCUT2D eigenvalue weighted by molar-refractivity contribution is 6.14. The first-order valence-electron chi connectivity index (χ1n) is 19.4. The Bertz CT molecular complexity index is 3120. The van der Waals surface area contributed by atoms with Crippen LogP contribution in [0.4, 0.5) is 17.1 Å². The molecule has 57 heavy (non-hydrogen) atoms. The zero-order valence-corrected chi connectivity index (χ0v) is 31.1. The minimum Gasteiger partial charge on any atom is -0.309 e. The maximum absolute atomic E-state index is 4.56. The van der Waals surface area contributed by atoms with Crippen LogP contribution in [0.15, 0.2) is 219 Å². The fourth-order valence-electron chi connectivity index (χ4n) is 8.67. The topological polar surface area (TPSA) is 26.0 Å². The van der Waals surface area contributed by atoms with Gasteiger partial charge in [-0.3, -0.25) is 4.98 Å². The first-order valence-corrected chi connectivity index (χ1v) is 19.4. The van der Waals surface area contributed by atoms with Gasteiger partial charge in [0.05, 0.1) is 34.0 Å². The van der Waals surface area contributed by atoms with Crippen molar-refractivity contribution in [1.29, 1.82) is 0 Å². The van der Waals surface area contributed by atoms with Gasteiger partial charge in [-0.2, -0.15) is 0 Å². The molecule has 0 atom stereocenters. The van der Waals surface area contributed by atoms with Crippen molar-refractivity contribution in [2.24, 2.45) is 0 Å². The van der Waals surface area contributed by atoms with Gasteiger partial charge in [-0.25, -0.2) is 0 Å². The van der Waals surface area contributed by atoms with Crippen molar-refractivity contribution in [3.63, 3.8) is 0 Å². The van der Waals surface area contributed by atoms with Crippen LogP contribution in [-0.4, -0.2) is 14.1 Å². The number of nitrogens with zero attached hydrogens (tertiary/aromatic N) is 4. The molecule has 0 radical (unpaired) electrons. The van der Waals surface area contributed by atoms with E-state index in [1.165, 1.54) is 43.6 Å². The fraction of sp³-hybridized carbons (Fsp3) is 0. The Labute approximate surface area is 330 Å². The third kappa shape index (κ3) is 5.50. The van der Waals surface area contributed by atoms with Crippen LogP contribution in [0.25, 0.3) is 77.2 Å². The van der Waals surface area contributed by atoms with Crippen molar-refractivity contribution in [3.8, 4) is 33.6 Å². The molecular weight excluding hydrogens is 693 g/mol. The van der Waals surface area contributed by atoms with E-state index in [0.29, 0.717) is 0 Å². The van der Waals surface area contributed by atoms with Crippen LogP contribution in [0.1, 0.15) is 0 Å². The van der Waals surface area contributed by atoms with Gasteiger partial charge >= 0.3 is 0 Å². The monoisotopic (exact) mass is 728 g/mol. The number of hydrogen-bond acceptors (Lipinski definition) is 2. The summed E-state index contributed by atoms with van der Waals surface area (Å²) >= 11 is 0. The maximum Gasteiger partial charge on any atom is 0.0644 e. The summed E-state index contributed by atoms with van der Waals surface area (Å²) < 4.78 is 4.79. The molecule has 3 aromatic heterocycles. The van der Waals surface area contributed by atoms with E-state index >= 15 is 0 Å². The number of para-hydroxylation sites is 6. The largest absolute Gasteiger partial charge is 0.309 e. The molecule has 0 aliphatic rings. The summed E-state index contributed by atoms with van der Waals surface area (Å²) in [5.74, 6) is 0. The summed E-state index contributed by atoms with van der Waals surface area (Å²) in [6, 6.07) is 74.2. The second kappa shape index (κ2) is 13.6. The Morgan fingerprint density at radius 3 is 1.56 bits per heavy atom. The van der Waals surface area contributed by atoms with Crippen molar-refractivity contribution >= 4 is 60.7 Å². The first-order chi connectivity index (χ1) is 28.3. The molecule has 0 unspecified atom stereocenters. The lowest BCUT2D eigenvalue weighted by Gasteiger charge is -2.26. The quantitative estimate of drug-likeness (QED) is 0.163. The minimum atomic E-state index is 0.991. The molecular formula is C53H36N4. The first kappa shape index (κ1) is 32.7. The lowest BCUT2D eigenvalue weighted by Crippen LogP contribution is -2.10.